The lowest BCUT2D eigenvalue weighted by Crippen LogP contribution is -3.14. The molecule has 2 fully saturated rings. The van der Waals surface area contributed by atoms with Crippen LogP contribution in [-0.4, -0.2) is 62.6 Å². The number of likely N-dealkylation sites (tertiary alicyclic amines) is 1. The number of thiocarbonyl (C=S) groups is 1. The third kappa shape index (κ3) is 5.00. The lowest BCUT2D eigenvalue weighted by atomic mass is 10.0. The number of hydrogen-bond acceptors (Lipinski definition) is 3. The molecule has 3 rings (SSSR count). The van der Waals surface area contributed by atoms with Crippen molar-refractivity contribution in [2.45, 2.75) is 37.8 Å². The molecule has 0 aromatic heterocycles. The van der Waals surface area contributed by atoms with Gasteiger partial charge in [-0.2, -0.15) is 0 Å². The molecule has 5 nitrogen and oxygen atoms in total. The Morgan fingerprint density at radius 3 is 2.81 bits per heavy atom. The van der Waals surface area contributed by atoms with Crippen LogP contribution in [0.15, 0.2) is 18.2 Å². The third-order valence-corrected chi connectivity index (χ3v) is 6.05. The summed E-state index contributed by atoms with van der Waals surface area (Å²) in [5.41, 5.74) is 0.813. The van der Waals surface area contributed by atoms with E-state index in [4.69, 9.17) is 33.3 Å². The van der Waals surface area contributed by atoms with Gasteiger partial charge in [0.1, 0.15) is 18.4 Å². The Bertz CT molecular complexity index is 617. The van der Waals surface area contributed by atoms with Gasteiger partial charge in [0, 0.05) is 37.6 Å². The summed E-state index contributed by atoms with van der Waals surface area (Å²) in [7, 11) is 3.95. The van der Waals surface area contributed by atoms with Crippen LogP contribution in [0.25, 0.3) is 0 Å². The maximum Gasteiger partial charge on any atom is 0.173 e. The van der Waals surface area contributed by atoms with Gasteiger partial charge in [0.25, 0.3) is 0 Å². The number of quaternary nitrogens is 1. The van der Waals surface area contributed by atoms with E-state index in [0.29, 0.717) is 17.2 Å². The summed E-state index contributed by atoms with van der Waals surface area (Å²) in [6.07, 6.45) is 5.17. The molecule has 1 aromatic carbocycles. The van der Waals surface area contributed by atoms with Crippen LogP contribution in [0.5, 0.6) is 5.75 Å². The number of nitrogens with one attached hydrogen (secondary N) is 2. The molecule has 7 heteroatoms. The molecule has 26 heavy (non-hydrogen) atoms. The number of halogens is 1. The zero-order valence-corrected chi connectivity index (χ0v) is 17.2. The van der Waals surface area contributed by atoms with Gasteiger partial charge in [-0.15, -0.1) is 0 Å². The van der Waals surface area contributed by atoms with Crippen LogP contribution >= 0.6 is 23.8 Å². The Kier molecular flexibility index (Phi) is 6.98. The molecule has 0 saturated carbocycles. The summed E-state index contributed by atoms with van der Waals surface area (Å²) in [6, 6.07) is 6.19. The van der Waals surface area contributed by atoms with Gasteiger partial charge < -0.3 is 24.6 Å². The molecule has 144 valence electrons. The van der Waals surface area contributed by atoms with Crippen molar-refractivity contribution in [1.82, 2.24) is 4.90 Å². The van der Waals surface area contributed by atoms with Crippen LogP contribution in [0, 0.1) is 0 Å². The fourth-order valence-electron chi connectivity index (χ4n) is 3.88. The smallest absolute Gasteiger partial charge is 0.173 e. The first-order valence-electron chi connectivity index (χ1n) is 9.40. The van der Waals surface area contributed by atoms with Crippen molar-refractivity contribution in [1.29, 1.82) is 0 Å². The molecular weight excluding hydrogens is 370 g/mol. The van der Waals surface area contributed by atoms with Gasteiger partial charge in [-0.05, 0) is 43.3 Å². The Balaban J connectivity index is 1.49. The minimum absolute atomic E-state index is 0.450. The average Bonchev–Trinajstić information content (AvgIpc) is 3.15. The van der Waals surface area contributed by atoms with Gasteiger partial charge in [-0.3, -0.25) is 0 Å². The van der Waals surface area contributed by atoms with Crippen molar-refractivity contribution >= 4 is 34.6 Å². The second-order valence-corrected chi connectivity index (χ2v) is 8.04. The van der Waals surface area contributed by atoms with Crippen LogP contribution in [0.2, 0.25) is 5.02 Å². The normalized spacial score (nSPS) is 22.3. The van der Waals surface area contributed by atoms with E-state index in [1.807, 2.05) is 18.2 Å². The standard InChI is InChI=1S/C19H28ClN3O2S/c1-22(13-16-4-3-11-25-16)15-7-9-23(10-8-15)19(26)21-17-12-14(20)5-6-18(17)24-2/h5-6,12,15-16H,3-4,7-11,13H2,1-2H3,(H,21,26)/p+1. The first-order chi connectivity index (χ1) is 12.6. The molecule has 2 heterocycles. The number of nitrogens with zero attached hydrogens (tertiary/aromatic N) is 1. The maximum absolute atomic E-state index is 6.10. The van der Waals surface area contributed by atoms with Gasteiger partial charge in [-0.25, -0.2) is 0 Å². The topological polar surface area (TPSA) is 38.2 Å². The SMILES string of the molecule is COc1ccc(Cl)cc1NC(=S)N1CCC([NH+](C)CC2CCCO2)CC1. The summed E-state index contributed by atoms with van der Waals surface area (Å²) in [6.45, 7) is 4.00. The van der Waals surface area contributed by atoms with Crippen molar-refractivity contribution in [3.05, 3.63) is 23.2 Å². The minimum Gasteiger partial charge on any atom is -0.495 e. The molecule has 2 unspecified atom stereocenters. The minimum atomic E-state index is 0.450. The number of hydrogen-bond donors (Lipinski definition) is 2. The number of ether oxygens (including phenoxy) is 2. The zero-order chi connectivity index (χ0) is 18.5. The van der Waals surface area contributed by atoms with E-state index in [-0.39, 0.29) is 0 Å². The molecule has 0 aliphatic carbocycles. The van der Waals surface area contributed by atoms with Crippen molar-refractivity contribution in [2.24, 2.45) is 0 Å². The first kappa shape index (κ1) is 19.7. The number of piperidine rings is 1. The summed E-state index contributed by atoms with van der Waals surface area (Å²) in [5, 5.41) is 4.69. The van der Waals surface area contributed by atoms with Crippen molar-refractivity contribution in [3.63, 3.8) is 0 Å². The molecule has 2 saturated heterocycles. The summed E-state index contributed by atoms with van der Waals surface area (Å²) in [5.74, 6) is 0.743. The molecule has 0 bridgehead atoms. The second-order valence-electron chi connectivity index (χ2n) is 7.22. The molecule has 0 radical (unpaired) electrons. The van der Waals surface area contributed by atoms with E-state index in [0.717, 1.165) is 55.6 Å². The Hall–Kier alpha value is -1.08. The highest BCUT2D eigenvalue weighted by Gasteiger charge is 2.29. The molecule has 2 N–H and O–H groups in total. The summed E-state index contributed by atoms with van der Waals surface area (Å²) >= 11 is 11.7. The van der Waals surface area contributed by atoms with Gasteiger partial charge >= 0.3 is 0 Å². The molecule has 2 aliphatic heterocycles. The van der Waals surface area contributed by atoms with Crippen LogP contribution in [0.1, 0.15) is 25.7 Å². The van der Waals surface area contributed by atoms with E-state index in [2.05, 4.69) is 17.3 Å². The molecule has 1 aromatic rings. The highest BCUT2D eigenvalue weighted by Crippen LogP contribution is 2.28. The molecule has 0 spiro atoms. The average molecular weight is 399 g/mol. The number of likely N-dealkylation sites (N-methyl/N-ethyl adjacent to an activating group) is 1. The highest BCUT2D eigenvalue weighted by atomic mass is 35.5. The van der Waals surface area contributed by atoms with Crippen LogP contribution in [-0.2, 0) is 4.74 Å². The number of anilines is 1. The highest BCUT2D eigenvalue weighted by molar-refractivity contribution is 7.80. The van der Waals surface area contributed by atoms with E-state index in [1.54, 1.807) is 12.0 Å². The monoisotopic (exact) mass is 398 g/mol. The van der Waals surface area contributed by atoms with E-state index in [9.17, 15) is 0 Å². The lowest BCUT2D eigenvalue weighted by Gasteiger charge is -2.36. The molecule has 2 atom stereocenters. The Labute approximate surface area is 166 Å². The Morgan fingerprint density at radius 2 is 2.15 bits per heavy atom. The fourth-order valence-corrected chi connectivity index (χ4v) is 4.34. The second kappa shape index (κ2) is 9.22. The number of benzene rings is 1. The largest absolute Gasteiger partial charge is 0.495 e. The van der Waals surface area contributed by atoms with Crippen LogP contribution < -0.4 is 15.0 Å². The van der Waals surface area contributed by atoms with Gasteiger partial charge in [0.05, 0.1) is 25.9 Å². The van der Waals surface area contributed by atoms with Crippen molar-refractivity contribution in [3.8, 4) is 5.75 Å². The third-order valence-electron chi connectivity index (χ3n) is 5.46. The maximum atomic E-state index is 6.10. The molecular formula is C19H29ClN3O2S+. The zero-order valence-electron chi connectivity index (χ0n) is 15.6. The van der Waals surface area contributed by atoms with Gasteiger partial charge in [-0.1, -0.05) is 11.6 Å². The van der Waals surface area contributed by atoms with Gasteiger partial charge in [0.15, 0.2) is 5.11 Å². The van der Waals surface area contributed by atoms with Crippen LogP contribution in [0.4, 0.5) is 5.69 Å². The fraction of sp³-hybridized carbons (Fsp3) is 0.632. The quantitative estimate of drug-likeness (QED) is 0.744. The van der Waals surface area contributed by atoms with Gasteiger partial charge in [0.2, 0.25) is 0 Å². The van der Waals surface area contributed by atoms with E-state index >= 15 is 0 Å². The van der Waals surface area contributed by atoms with E-state index in [1.165, 1.54) is 12.8 Å². The molecule has 0 amide bonds. The predicted octanol–water partition coefficient (Wildman–Crippen LogP) is 2.20. The molecule has 2 aliphatic rings. The summed E-state index contributed by atoms with van der Waals surface area (Å²) < 4.78 is 11.2. The summed E-state index contributed by atoms with van der Waals surface area (Å²) in [4.78, 5) is 3.83. The number of methoxy groups -OCH3 is 1. The van der Waals surface area contributed by atoms with Crippen molar-refractivity contribution < 1.29 is 14.4 Å². The predicted molar refractivity (Wildman–Crippen MR) is 110 cm³/mol. The van der Waals surface area contributed by atoms with E-state index < -0.39 is 0 Å². The van der Waals surface area contributed by atoms with Crippen molar-refractivity contribution in [2.75, 3.05) is 45.7 Å². The Morgan fingerprint density at radius 1 is 1.38 bits per heavy atom. The number of rotatable bonds is 5. The van der Waals surface area contributed by atoms with Crippen LogP contribution in [0.3, 0.4) is 0 Å². The first-order valence-corrected chi connectivity index (χ1v) is 10.2. The lowest BCUT2D eigenvalue weighted by molar-refractivity contribution is -0.910.